The van der Waals surface area contributed by atoms with Crippen LogP contribution < -0.4 is 4.74 Å². The van der Waals surface area contributed by atoms with E-state index in [1.807, 2.05) is 0 Å². The molecule has 0 aromatic heterocycles. The molecule has 1 unspecified atom stereocenters. The normalized spacial score (nSPS) is 5.88. The largest absolute Gasteiger partial charge is 0 e. The van der Waals surface area contributed by atoms with Gasteiger partial charge in [-0.05, 0) is 17.7 Å². The Labute approximate surface area is 172 Å². The molecule has 0 heterocycles. The van der Waals surface area contributed by atoms with Crippen LogP contribution in [0.25, 0.3) is 0 Å². The third-order valence-electron chi connectivity index (χ3n) is 1.59. The second kappa shape index (κ2) is 65.9. The van der Waals surface area contributed by atoms with Gasteiger partial charge in [0, 0.05) is 33.6 Å². The number of aliphatic hydroxyl groups excluding tert-OH is 1. The van der Waals surface area contributed by atoms with E-state index in [1.54, 1.807) is 31.4 Å². The molecule has 1 atom stereocenters. The molecular formula is C16H10Co2O8. The van der Waals surface area contributed by atoms with Gasteiger partial charge < -0.3 is 9.84 Å². The summed E-state index contributed by atoms with van der Waals surface area (Å²) in [7, 11) is 1.59. The predicted molar refractivity (Wildman–Crippen MR) is 70.4 cm³/mol. The van der Waals surface area contributed by atoms with Crippen LogP contribution in [0.2, 0.25) is 0 Å². The van der Waals surface area contributed by atoms with Crippen LogP contribution in [0, 0.1) is 52.2 Å². The molecule has 0 spiro atoms. The van der Waals surface area contributed by atoms with E-state index in [2.05, 4.69) is 45.8 Å². The van der Waals surface area contributed by atoms with Crippen molar-refractivity contribution in [2.75, 3.05) is 7.11 Å². The van der Waals surface area contributed by atoms with Crippen LogP contribution in [0.1, 0.15) is 11.7 Å². The van der Waals surface area contributed by atoms with Crippen LogP contribution in [-0.2, 0) is 61.5 Å². The zero-order chi connectivity index (χ0) is 21.0. The Bertz CT molecular complexity index is 475. The van der Waals surface area contributed by atoms with Crippen molar-refractivity contribution in [3.63, 3.8) is 0 Å². The Morgan fingerprint density at radius 1 is 0.808 bits per heavy atom. The minimum atomic E-state index is -0.823. The van der Waals surface area contributed by atoms with E-state index in [1.165, 1.54) is 0 Å². The van der Waals surface area contributed by atoms with Crippen molar-refractivity contribution < 1.29 is 71.3 Å². The molecule has 0 saturated carbocycles. The van der Waals surface area contributed by atoms with Gasteiger partial charge in [0.05, 0.1) is 7.11 Å². The van der Waals surface area contributed by atoms with Crippen molar-refractivity contribution in [2.24, 2.45) is 0 Å². The Morgan fingerprint density at radius 3 is 1.27 bits per heavy atom. The molecule has 1 aromatic rings. The van der Waals surface area contributed by atoms with E-state index >= 15 is 0 Å². The standard InChI is InChI=1S/C10H10O2.6CO.2Co/c1-3-10(11)8-4-6-9(12-2)7-5-8;6*1-2;;/h1,4-7,10-11H,2H3;;;;;;;;. The Kier molecular flexibility index (Phi) is 126. The van der Waals surface area contributed by atoms with Crippen molar-refractivity contribution in [1.29, 1.82) is 0 Å². The molecule has 10 heteroatoms. The zero-order valence-electron chi connectivity index (χ0n) is 12.9. The number of benzene rings is 1. The quantitative estimate of drug-likeness (QED) is 0.410. The number of terminal acetylenes is 1. The van der Waals surface area contributed by atoms with Crippen molar-refractivity contribution in [2.45, 2.75) is 6.10 Å². The molecule has 0 bridgehead atoms. The molecule has 8 nitrogen and oxygen atoms in total. The van der Waals surface area contributed by atoms with E-state index in [0.717, 1.165) is 5.75 Å². The minimum absolute atomic E-state index is 0. The summed E-state index contributed by atoms with van der Waals surface area (Å²) in [6.07, 6.45) is 4.22. The topological polar surface area (TPSA) is 149 Å². The summed E-state index contributed by atoms with van der Waals surface area (Å²) in [5.74, 6) is 2.99. The van der Waals surface area contributed by atoms with Crippen LogP contribution in [0.5, 0.6) is 5.75 Å². The van der Waals surface area contributed by atoms with Gasteiger partial charge in [-0.15, -0.1) is 6.42 Å². The maximum Gasteiger partial charge on any atom is 0 e. The first-order valence-electron chi connectivity index (χ1n) is 4.78. The summed E-state index contributed by atoms with van der Waals surface area (Å²) < 4.78 is 49.9. The summed E-state index contributed by atoms with van der Waals surface area (Å²) in [6, 6.07) is 7.00. The summed E-state index contributed by atoms with van der Waals surface area (Å²) >= 11 is 0. The first-order valence-corrected chi connectivity index (χ1v) is 4.78. The first-order chi connectivity index (χ1) is 11.8. The van der Waals surface area contributed by atoms with Gasteiger partial charge in [0.1, 0.15) is 11.9 Å². The monoisotopic (exact) mass is 448 g/mol. The number of hydrogen-bond acceptors (Lipinski definition) is 2. The number of aliphatic hydroxyl groups is 1. The Morgan fingerprint density at radius 2 is 1.08 bits per heavy atom. The van der Waals surface area contributed by atoms with Crippen molar-refractivity contribution in [1.82, 2.24) is 0 Å². The first kappa shape index (κ1) is 49.6. The molecule has 1 N–H and O–H groups in total. The minimum Gasteiger partial charge on any atom is 0 e. The van der Waals surface area contributed by atoms with Crippen LogP contribution >= 0.6 is 0 Å². The van der Waals surface area contributed by atoms with Gasteiger partial charge in [-0.25, -0.2) is 0 Å². The van der Waals surface area contributed by atoms with Crippen molar-refractivity contribution in [3.05, 3.63) is 69.7 Å². The molecule has 0 aliphatic rings. The van der Waals surface area contributed by atoms with Gasteiger partial charge in [-0.3, -0.25) is 0 Å². The fourth-order valence-electron chi connectivity index (χ4n) is 0.882. The van der Waals surface area contributed by atoms with Crippen LogP contribution in [0.3, 0.4) is 0 Å². The number of ether oxygens (including phenoxy) is 1. The number of methoxy groups -OCH3 is 1. The zero-order valence-corrected chi connectivity index (χ0v) is 15.0. The van der Waals surface area contributed by atoms with E-state index in [-0.39, 0.29) is 33.6 Å². The van der Waals surface area contributed by atoms with Crippen LogP contribution in [0.4, 0.5) is 0 Å². The second-order valence-corrected chi connectivity index (χ2v) is 2.34. The third kappa shape index (κ3) is 37.9. The molecule has 0 aliphatic carbocycles. The van der Waals surface area contributed by atoms with Gasteiger partial charge in [0.15, 0.2) is 0 Å². The fraction of sp³-hybridized carbons (Fsp3) is 0.125. The van der Waals surface area contributed by atoms with E-state index in [0.29, 0.717) is 5.56 Å². The fourth-order valence-corrected chi connectivity index (χ4v) is 0.882. The maximum absolute atomic E-state index is 9.22. The van der Waals surface area contributed by atoms with Gasteiger partial charge in [0.2, 0.25) is 0 Å². The van der Waals surface area contributed by atoms with E-state index in [4.69, 9.17) is 39.1 Å². The molecule has 0 saturated heterocycles. The molecule has 2 radical (unpaired) electrons. The number of hydrogen-bond donors (Lipinski definition) is 1. The third-order valence-corrected chi connectivity index (χ3v) is 1.59. The van der Waals surface area contributed by atoms with E-state index < -0.39 is 6.10 Å². The molecule has 140 valence electrons. The molecule has 1 rings (SSSR count). The molecule has 0 fully saturated rings. The Balaban J connectivity index is -0.0000000332. The van der Waals surface area contributed by atoms with Crippen molar-refractivity contribution in [3.8, 4) is 18.1 Å². The Hall–Kier alpha value is -2.01. The summed E-state index contributed by atoms with van der Waals surface area (Å²) in [5.41, 5.74) is 0.707. The molecule has 0 amide bonds. The second-order valence-electron chi connectivity index (χ2n) is 2.34. The summed E-state index contributed by atoms with van der Waals surface area (Å²) in [5, 5.41) is 9.22. The smallest absolute Gasteiger partial charge is 0 e. The maximum atomic E-state index is 9.22. The summed E-state index contributed by atoms with van der Waals surface area (Å²) in [4.78, 5) is 0. The molecule has 1 aromatic carbocycles. The van der Waals surface area contributed by atoms with Gasteiger partial charge in [0.25, 0.3) is 0 Å². The SMILES string of the molecule is C#CC(O)c1ccc(OC)cc1.[C-]#[O+].[C-]#[O+].[C-]#[O+].[C-]#[O+].[C-]#[O+].[C-]#[O+].[Co].[Co]. The summed E-state index contributed by atoms with van der Waals surface area (Å²) in [6.45, 7) is 27.0. The number of rotatable bonds is 2. The van der Waals surface area contributed by atoms with Gasteiger partial charge >= 0.3 is 67.8 Å². The van der Waals surface area contributed by atoms with Crippen LogP contribution in [-0.4, -0.2) is 12.2 Å². The average Bonchev–Trinajstić information content (AvgIpc) is 2.76. The molecule has 26 heavy (non-hydrogen) atoms. The van der Waals surface area contributed by atoms with Crippen LogP contribution in [0.15, 0.2) is 24.3 Å². The predicted octanol–water partition coefficient (Wildman–Crippen LogP) is 1.13. The average molecular weight is 448 g/mol. The van der Waals surface area contributed by atoms with E-state index in [9.17, 15) is 5.11 Å². The van der Waals surface area contributed by atoms with Gasteiger partial charge in [-0.1, -0.05) is 18.1 Å². The molecule has 0 aliphatic heterocycles. The molecular weight excluding hydrogens is 438 g/mol. The van der Waals surface area contributed by atoms with Gasteiger partial charge in [-0.2, -0.15) is 0 Å². The van der Waals surface area contributed by atoms with Crippen molar-refractivity contribution >= 4 is 0 Å².